The van der Waals surface area contributed by atoms with Crippen LogP contribution in [0.25, 0.3) is 0 Å². The van der Waals surface area contributed by atoms with Crippen LogP contribution in [0.4, 0.5) is 8.78 Å². The zero-order valence-electron chi connectivity index (χ0n) is 17.1. The Bertz CT molecular complexity index is 1310. The van der Waals surface area contributed by atoms with Crippen LogP contribution in [0.5, 0.6) is 0 Å². The van der Waals surface area contributed by atoms with Crippen LogP contribution in [0.2, 0.25) is 0 Å². The van der Waals surface area contributed by atoms with Crippen molar-refractivity contribution in [3.63, 3.8) is 0 Å². The summed E-state index contributed by atoms with van der Waals surface area (Å²) in [6.07, 6.45) is -0.958. The smallest absolute Gasteiger partial charge is 0.304 e. The van der Waals surface area contributed by atoms with Crippen LogP contribution in [-0.4, -0.2) is 37.7 Å². The van der Waals surface area contributed by atoms with Gasteiger partial charge in [-0.1, -0.05) is 6.07 Å². The third kappa shape index (κ3) is 3.58. The standard InChI is InChI=1S/C23H19F2NO5S/c1-32(30,31)20-5-3-13(15-8-18(25)16(23(15)20)9-21(28)29)14-2-4-19(27)17-7-12(24)6-11(10-26)22(14)17/h3,5-7,14,16,18H,2,4,8-9H2,1H3,(H,28,29)/t14-,16-,18-/m1/s1. The molecule has 0 spiro atoms. The summed E-state index contributed by atoms with van der Waals surface area (Å²) >= 11 is 0. The number of Topliss-reactive ketones (excluding diaryl/α,β-unsaturated/α-hetero) is 1. The largest absolute Gasteiger partial charge is 0.481 e. The number of benzene rings is 2. The minimum atomic E-state index is -3.77. The lowest BCUT2D eigenvalue weighted by molar-refractivity contribution is -0.137. The summed E-state index contributed by atoms with van der Waals surface area (Å²) in [5, 5.41) is 18.8. The highest BCUT2D eigenvalue weighted by Gasteiger charge is 2.41. The number of nitriles is 1. The van der Waals surface area contributed by atoms with Gasteiger partial charge in [0.25, 0.3) is 0 Å². The first-order valence-electron chi connectivity index (χ1n) is 10.0. The van der Waals surface area contributed by atoms with Crippen LogP contribution in [-0.2, 0) is 21.1 Å². The van der Waals surface area contributed by atoms with Gasteiger partial charge in [-0.25, -0.2) is 17.2 Å². The Labute approximate surface area is 183 Å². The fraction of sp³-hybridized carbons (Fsp3) is 0.348. The number of carboxylic acid groups (broad SMARTS) is 1. The van der Waals surface area contributed by atoms with Crippen molar-refractivity contribution >= 4 is 21.6 Å². The molecule has 0 saturated carbocycles. The van der Waals surface area contributed by atoms with Crippen LogP contribution in [0, 0.1) is 17.1 Å². The summed E-state index contributed by atoms with van der Waals surface area (Å²) in [5.41, 5.74) is 1.52. The number of alkyl halides is 1. The number of rotatable bonds is 4. The Balaban J connectivity index is 1.98. The molecule has 0 amide bonds. The van der Waals surface area contributed by atoms with Crippen molar-refractivity contribution in [2.45, 2.75) is 48.6 Å². The number of halogens is 2. The second-order valence-corrected chi connectivity index (χ2v) is 10.3. The molecule has 0 heterocycles. The molecule has 4 rings (SSSR count). The van der Waals surface area contributed by atoms with Crippen LogP contribution in [0.3, 0.4) is 0 Å². The molecule has 0 saturated heterocycles. The molecule has 6 nitrogen and oxygen atoms in total. The van der Waals surface area contributed by atoms with Gasteiger partial charge in [-0.15, -0.1) is 0 Å². The van der Waals surface area contributed by atoms with Gasteiger partial charge in [0.15, 0.2) is 15.6 Å². The molecule has 9 heteroatoms. The van der Waals surface area contributed by atoms with E-state index < -0.39 is 46.1 Å². The number of ketones is 1. The van der Waals surface area contributed by atoms with Crippen molar-refractivity contribution in [3.8, 4) is 6.07 Å². The lowest BCUT2D eigenvalue weighted by atomic mass is 9.74. The molecule has 2 aliphatic rings. The Hall–Kier alpha value is -3.12. The van der Waals surface area contributed by atoms with Crippen molar-refractivity contribution in [2.75, 3.05) is 6.26 Å². The number of carbonyl (C=O) groups excluding carboxylic acids is 1. The molecule has 0 radical (unpaired) electrons. The predicted molar refractivity (Wildman–Crippen MR) is 110 cm³/mol. The van der Waals surface area contributed by atoms with Gasteiger partial charge in [-0.2, -0.15) is 5.26 Å². The Kier molecular flexibility index (Phi) is 5.37. The third-order valence-electron chi connectivity index (χ3n) is 6.30. The van der Waals surface area contributed by atoms with Crippen molar-refractivity contribution < 1.29 is 31.9 Å². The normalized spacial score (nSPS) is 22.2. The van der Waals surface area contributed by atoms with Crippen molar-refractivity contribution in [1.29, 1.82) is 5.26 Å². The first-order chi connectivity index (χ1) is 15.0. The average Bonchev–Trinajstić information content (AvgIpc) is 3.02. The van der Waals surface area contributed by atoms with Gasteiger partial charge >= 0.3 is 5.97 Å². The molecular weight excluding hydrogens is 440 g/mol. The van der Waals surface area contributed by atoms with E-state index in [1.807, 2.05) is 6.07 Å². The SMILES string of the molecule is CS(=O)(=O)c1ccc([C@H]2CCC(=O)c3cc(F)cc(C#N)c32)c2c1[C@H](CC(=O)O)[C@H](F)C2. The Morgan fingerprint density at radius 2 is 2.00 bits per heavy atom. The average molecular weight is 459 g/mol. The number of sulfone groups is 1. The van der Waals surface area contributed by atoms with Crippen LogP contribution < -0.4 is 0 Å². The van der Waals surface area contributed by atoms with E-state index in [4.69, 9.17) is 0 Å². The van der Waals surface area contributed by atoms with Crippen LogP contribution in [0.15, 0.2) is 29.2 Å². The fourth-order valence-corrected chi connectivity index (χ4v) is 6.05. The third-order valence-corrected chi connectivity index (χ3v) is 7.46. The molecular formula is C23H19F2NO5S. The molecule has 0 aliphatic heterocycles. The molecule has 3 atom stereocenters. The summed E-state index contributed by atoms with van der Waals surface area (Å²) in [5.74, 6) is -3.93. The summed E-state index contributed by atoms with van der Waals surface area (Å²) in [6.45, 7) is 0. The zero-order valence-corrected chi connectivity index (χ0v) is 17.9. The number of nitrogens with zero attached hydrogens (tertiary/aromatic N) is 1. The van der Waals surface area contributed by atoms with E-state index in [1.165, 1.54) is 6.07 Å². The van der Waals surface area contributed by atoms with Gasteiger partial charge in [0.1, 0.15) is 12.0 Å². The van der Waals surface area contributed by atoms with E-state index in [0.717, 1.165) is 18.4 Å². The Morgan fingerprint density at radius 3 is 2.62 bits per heavy atom. The maximum atomic E-state index is 15.0. The topological polar surface area (TPSA) is 112 Å². The summed E-state index contributed by atoms with van der Waals surface area (Å²) in [7, 11) is -3.77. The van der Waals surface area contributed by atoms with Gasteiger partial charge in [0.2, 0.25) is 0 Å². The lowest BCUT2D eigenvalue weighted by Gasteiger charge is -2.28. The number of carbonyl (C=O) groups is 2. The van der Waals surface area contributed by atoms with Gasteiger partial charge in [0.05, 0.1) is 22.9 Å². The Morgan fingerprint density at radius 1 is 1.28 bits per heavy atom. The summed E-state index contributed by atoms with van der Waals surface area (Å²) < 4.78 is 53.8. The predicted octanol–water partition coefficient (Wildman–Crippen LogP) is 3.66. The molecule has 0 unspecified atom stereocenters. The molecule has 0 aromatic heterocycles. The molecule has 32 heavy (non-hydrogen) atoms. The molecule has 2 aromatic rings. The first kappa shape index (κ1) is 22.1. The second-order valence-electron chi connectivity index (χ2n) is 8.28. The van der Waals surface area contributed by atoms with Gasteiger partial charge in [0, 0.05) is 36.5 Å². The fourth-order valence-electron chi connectivity index (χ4n) is 5.06. The molecule has 0 fully saturated rings. The highest BCUT2D eigenvalue weighted by atomic mass is 32.2. The molecule has 2 aromatic carbocycles. The number of fused-ring (bicyclic) bond motifs is 2. The maximum Gasteiger partial charge on any atom is 0.304 e. The minimum absolute atomic E-state index is 0.00382. The van der Waals surface area contributed by atoms with Gasteiger partial charge in [-0.3, -0.25) is 9.59 Å². The maximum absolute atomic E-state index is 15.0. The monoisotopic (exact) mass is 459 g/mol. The number of hydrogen-bond acceptors (Lipinski definition) is 5. The highest BCUT2D eigenvalue weighted by molar-refractivity contribution is 7.90. The van der Waals surface area contributed by atoms with E-state index in [1.54, 1.807) is 6.07 Å². The highest BCUT2D eigenvalue weighted by Crippen LogP contribution is 2.48. The van der Waals surface area contributed by atoms with Crippen LogP contribution >= 0.6 is 0 Å². The number of hydrogen-bond donors (Lipinski definition) is 1. The molecule has 166 valence electrons. The second kappa shape index (κ2) is 7.78. The van der Waals surface area contributed by atoms with Gasteiger partial charge < -0.3 is 5.11 Å². The van der Waals surface area contributed by atoms with E-state index in [0.29, 0.717) is 16.7 Å². The van der Waals surface area contributed by atoms with Crippen molar-refractivity contribution in [1.82, 2.24) is 0 Å². The van der Waals surface area contributed by atoms with Crippen LogP contribution in [0.1, 0.15) is 69.3 Å². The number of aliphatic carboxylic acids is 1. The van der Waals surface area contributed by atoms with E-state index in [9.17, 15) is 37.2 Å². The quantitative estimate of drug-likeness (QED) is 0.747. The van der Waals surface area contributed by atoms with E-state index >= 15 is 0 Å². The van der Waals surface area contributed by atoms with Gasteiger partial charge in [-0.05, 0) is 46.9 Å². The first-order valence-corrected chi connectivity index (χ1v) is 11.9. The summed E-state index contributed by atoms with van der Waals surface area (Å²) in [4.78, 5) is 23.7. The van der Waals surface area contributed by atoms with Crippen molar-refractivity contribution in [3.05, 3.63) is 63.5 Å². The molecule has 1 N–H and O–H groups in total. The van der Waals surface area contributed by atoms with Crippen molar-refractivity contribution in [2.24, 2.45) is 0 Å². The van der Waals surface area contributed by atoms with E-state index in [-0.39, 0.29) is 46.6 Å². The zero-order chi connectivity index (χ0) is 23.4. The minimum Gasteiger partial charge on any atom is -0.481 e. The van der Waals surface area contributed by atoms with E-state index in [2.05, 4.69) is 0 Å². The molecule has 0 bridgehead atoms. The number of carboxylic acids is 1. The summed E-state index contributed by atoms with van der Waals surface area (Å²) in [6, 6.07) is 6.93. The lowest BCUT2D eigenvalue weighted by Crippen LogP contribution is -2.20. The molecule has 2 aliphatic carbocycles.